The Morgan fingerprint density at radius 2 is 1.95 bits per heavy atom. The molecule has 0 saturated heterocycles. The Hall–Kier alpha value is -1.76. The van der Waals surface area contributed by atoms with Crippen molar-refractivity contribution in [1.29, 1.82) is 0 Å². The van der Waals surface area contributed by atoms with Gasteiger partial charge in [-0.25, -0.2) is 8.42 Å². The number of nitrogens with zero attached hydrogens (tertiary/aromatic N) is 4. The molecule has 0 N–H and O–H groups in total. The van der Waals surface area contributed by atoms with Gasteiger partial charge in [0, 0.05) is 0 Å². The van der Waals surface area contributed by atoms with Crippen LogP contribution in [0.15, 0.2) is 35.5 Å². The molecule has 0 aliphatic rings. The molecule has 0 radical (unpaired) electrons. The smallest absolute Gasteiger partial charge is 0.220 e. The molecule has 0 bridgehead atoms. The maximum Gasteiger partial charge on any atom is 0.272 e. The zero-order valence-corrected chi connectivity index (χ0v) is 11.7. The normalized spacial score (nSPS) is 13.4. The van der Waals surface area contributed by atoms with Crippen LogP contribution in [0.4, 0.5) is 0 Å². The molecular formula is C12H16N4O2S. The van der Waals surface area contributed by atoms with Crippen molar-refractivity contribution in [2.75, 3.05) is 0 Å². The Morgan fingerprint density at radius 1 is 1.26 bits per heavy atom. The molecule has 1 aromatic heterocycles. The predicted molar refractivity (Wildman–Crippen MR) is 70.7 cm³/mol. The number of hydrogen-bond donors (Lipinski definition) is 0. The molecule has 0 aliphatic carbocycles. The number of para-hydroxylation sites is 1. The lowest BCUT2D eigenvalue weighted by molar-refractivity contribution is 0.560. The summed E-state index contributed by atoms with van der Waals surface area (Å²) in [6, 6.07) is 8.99. The first kappa shape index (κ1) is 13.7. The van der Waals surface area contributed by atoms with Gasteiger partial charge in [-0.3, -0.25) is 0 Å². The zero-order valence-electron chi connectivity index (χ0n) is 10.9. The fourth-order valence-electron chi connectivity index (χ4n) is 1.83. The van der Waals surface area contributed by atoms with Gasteiger partial charge in [0.25, 0.3) is 5.16 Å². The van der Waals surface area contributed by atoms with E-state index in [2.05, 4.69) is 15.5 Å². The highest BCUT2D eigenvalue weighted by Crippen LogP contribution is 2.19. The largest absolute Gasteiger partial charge is 0.272 e. The first-order chi connectivity index (χ1) is 9.07. The maximum atomic E-state index is 12.4. The van der Waals surface area contributed by atoms with Crippen LogP contribution in [0.2, 0.25) is 0 Å². The average molecular weight is 280 g/mol. The summed E-state index contributed by atoms with van der Waals surface area (Å²) in [6.07, 6.45) is 1.39. The van der Waals surface area contributed by atoms with Gasteiger partial charge in [-0.05, 0) is 35.9 Å². The monoisotopic (exact) mass is 280 g/mol. The number of aromatic nitrogens is 4. The lowest BCUT2D eigenvalue weighted by Crippen LogP contribution is -2.21. The average Bonchev–Trinajstić information content (AvgIpc) is 2.90. The molecule has 1 heterocycles. The SMILES string of the molecule is CCCC(C)S(=O)(=O)c1nnnn1-c1ccccc1. The van der Waals surface area contributed by atoms with Crippen LogP contribution in [0, 0.1) is 0 Å². The highest BCUT2D eigenvalue weighted by atomic mass is 32.2. The molecule has 0 amide bonds. The Morgan fingerprint density at radius 3 is 2.58 bits per heavy atom. The van der Waals surface area contributed by atoms with Crippen molar-refractivity contribution in [2.45, 2.75) is 37.1 Å². The third kappa shape index (κ3) is 2.65. The molecule has 1 atom stereocenters. The molecular weight excluding hydrogens is 264 g/mol. The topological polar surface area (TPSA) is 77.7 Å². The summed E-state index contributed by atoms with van der Waals surface area (Å²) >= 11 is 0. The van der Waals surface area contributed by atoms with E-state index >= 15 is 0 Å². The van der Waals surface area contributed by atoms with Gasteiger partial charge in [0.1, 0.15) is 0 Å². The number of benzene rings is 1. The van der Waals surface area contributed by atoms with Crippen LogP contribution in [-0.2, 0) is 9.84 Å². The molecule has 1 aromatic carbocycles. The summed E-state index contributed by atoms with van der Waals surface area (Å²) in [5, 5.41) is 10.4. The molecule has 0 spiro atoms. The van der Waals surface area contributed by atoms with E-state index in [0.717, 1.165) is 6.42 Å². The van der Waals surface area contributed by atoms with Crippen molar-refractivity contribution < 1.29 is 8.42 Å². The van der Waals surface area contributed by atoms with E-state index in [1.807, 2.05) is 25.1 Å². The number of hydrogen-bond acceptors (Lipinski definition) is 5. The summed E-state index contributed by atoms with van der Waals surface area (Å²) in [4.78, 5) is 0. The quantitative estimate of drug-likeness (QED) is 0.831. The lowest BCUT2D eigenvalue weighted by atomic mass is 10.3. The van der Waals surface area contributed by atoms with E-state index in [0.29, 0.717) is 12.1 Å². The first-order valence-corrected chi connectivity index (χ1v) is 7.69. The first-order valence-electron chi connectivity index (χ1n) is 6.15. The van der Waals surface area contributed by atoms with Gasteiger partial charge in [0.2, 0.25) is 9.84 Å². The van der Waals surface area contributed by atoms with Crippen LogP contribution in [0.1, 0.15) is 26.7 Å². The second-order valence-corrected chi connectivity index (χ2v) is 6.61. The fourth-order valence-corrected chi connectivity index (χ4v) is 3.27. The van der Waals surface area contributed by atoms with Crippen molar-refractivity contribution >= 4 is 9.84 Å². The van der Waals surface area contributed by atoms with Gasteiger partial charge in [-0.2, -0.15) is 4.68 Å². The summed E-state index contributed by atoms with van der Waals surface area (Å²) in [6.45, 7) is 3.63. The van der Waals surface area contributed by atoms with Crippen LogP contribution in [0.25, 0.3) is 5.69 Å². The molecule has 0 aliphatic heterocycles. The summed E-state index contributed by atoms with van der Waals surface area (Å²) in [5.41, 5.74) is 0.634. The molecule has 6 nitrogen and oxygen atoms in total. The summed E-state index contributed by atoms with van der Waals surface area (Å²) < 4.78 is 26.1. The van der Waals surface area contributed by atoms with E-state index in [1.54, 1.807) is 19.1 Å². The third-order valence-electron chi connectivity index (χ3n) is 2.92. The minimum absolute atomic E-state index is 0.0975. The van der Waals surface area contributed by atoms with E-state index in [-0.39, 0.29) is 5.16 Å². The second-order valence-electron chi connectivity index (χ2n) is 4.35. The Balaban J connectivity index is 2.46. The van der Waals surface area contributed by atoms with Crippen molar-refractivity contribution in [2.24, 2.45) is 0 Å². The van der Waals surface area contributed by atoms with Crippen molar-refractivity contribution in [1.82, 2.24) is 20.2 Å². The van der Waals surface area contributed by atoms with Crippen LogP contribution >= 0.6 is 0 Å². The minimum Gasteiger partial charge on any atom is -0.220 e. The molecule has 2 rings (SSSR count). The van der Waals surface area contributed by atoms with Crippen molar-refractivity contribution in [3.63, 3.8) is 0 Å². The number of sulfone groups is 1. The summed E-state index contributed by atoms with van der Waals surface area (Å²) in [7, 11) is -3.51. The Bertz CT molecular complexity index is 637. The Kier molecular flexibility index (Phi) is 3.94. The lowest BCUT2D eigenvalue weighted by Gasteiger charge is -2.11. The van der Waals surface area contributed by atoms with Crippen LogP contribution in [0.5, 0.6) is 0 Å². The van der Waals surface area contributed by atoms with Gasteiger partial charge in [-0.1, -0.05) is 36.6 Å². The van der Waals surface area contributed by atoms with Gasteiger partial charge in [-0.15, -0.1) is 0 Å². The molecule has 0 saturated carbocycles. The van der Waals surface area contributed by atoms with Crippen molar-refractivity contribution in [3.05, 3.63) is 30.3 Å². The van der Waals surface area contributed by atoms with Gasteiger partial charge in [0.05, 0.1) is 10.9 Å². The molecule has 7 heteroatoms. The van der Waals surface area contributed by atoms with Crippen molar-refractivity contribution in [3.8, 4) is 5.69 Å². The second kappa shape index (κ2) is 5.48. The molecule has 102 valence electrons. The molecule has 2 aromatic rings. The fraction of sp³-hybridized carbons (Fsp3) is 0.417. The third-order valence-corrected chi connectivity index (χ3v) is 4.98. The maximum absolute atomic E-state index is 12.4. The predicted octanol–water partition coefficient (Wildman–Crippen LogP) is 1.62. The molecule has 0 fully saturated rings. The van der Waals surface area contributed by atoms with E-state index in [4.69, 9.17) is 0 Å². The van der Waals surface area contributed by atoms with E-state index < -0.39 is 15.1 Å². The van der Waals surface area contributed by atoms with E-state index in [1.165, 1.54) is 4.68 Å². The van der Waals surface area contributed by atoms with Gasteiger partial charge < -0.3 is 0 Å². The zero-order chi connectivity index (χ0) is 13.9. The highest BCUT2D eigenvalue weighted by molar-refractivity contribution is 7.91. The molecule has 19 heavy (non-hydrogen) atoms. The van der Waals surface area contributed by atoms with Gasteiger partial charge in [0.15, 0.2) is 0 Å². The number of rotatable bonds is 5. The minimum atomic E-state index is -3.51. The Labute approximate surface area is 112 Å². The van der Waals surface area contributed by atoms with Gasteiger partial charge >= 0.3 is 0 Å². The van der Waals surface area contributed by atoms with Crippen LogP contribution in [0.3, 0.4) is 0 Å². The summed E-state index contributed by atoms with van der Waals surface area (Å²) in [5.74, 6) is 0. The van der Waals surface area contributed by atoms with Crippen LogP contribution < -0.4 is 0 Å². The van der Waals surface area contributed by atoms with E-state index in [9.17, 15) is 8.42 Å². The standard InChI is InChI=1S/C12H16N4O2S/c1-3-7-10(2)19(17,18)12-13-14-15-16(12)11-8-5-4-6-9-11/h4-6,8-10H,3,7H2,1-2H3. The highest BCUT2D eigenvalue weighted by Gasteiger charge is 2.29. The molecule has 1 unspecified atom stereocenters. The number of tetrazole rings is 1. The van der Waals surface area contributed by atoms with Crippen LogP contribution in [-0.4, -0.2) is 33.9 Å².